The van der Waals surface area contributed by atoms with Crippen molar-refractivity contribution < 1.29 is 4.79 Å². The fourth-order valence-electron chi connectivity index (χ4n) is 2.07. The van der Waals surface area contributed by atoms with Crippen molar-refractivity contribution in [1.29, 1.82) is 5.26 Å². The number of nitrogens with one attached hydrogen (secondary N) is 1. The Kier molecular flexibility index (Phi) is 6.11. The molecule has 0 radical (unpaired) electrons. The van der Waals surface area contributed by atoms with Crippen LogP contribution in [-0.4, -0.2) is 16.6 Å². The molecule has 0 aliphatic carbocycles. The molecule has 0 unspecified atom stereocenters. The summed E-state index contributed by atoms with van der Waals surface area (Å²) in [5.74, 6) is -0.165. The summed E-state index contributed by atoms with van der Waals surface area (Å²) in [5, 5.41) is 13.3. The van der Waals surface area contributed by atoms with Crippen molar-refractivity contribution in [1.82, 2.24) is 4.98 Å². The number of hydrogen-bond donors (Lipinski definition) is 1. The molecule has 1 heterocycles. The summed E-state index contributed by atoms with van der Waals surface area (Å²) >= 11 is 13.3. The minimum Gasteiger partial charge on any atom is -0.323 e. The number of hydrogen-bond acceptors (Lipinski definition) is 4. The molecule has 1 N–H and O–H groups in total. The highest BCUT2D eigenvalue weighted by molar-refractivity contribution is 8.00. The lowest BCUT2D eigenvalue weighted by atomic mass is 10.1. The molecule has 7 heteroatoms. The quantitative estimate of drug-likeness (QED) is 0.765. The van der Waals surface area contributed by atoms with Gasteiger partial charge in [0.2, 0.25) is 5.91 Å². The van der Waals surface area contributed by atoms with Gasteiger partial charge in [-0.25, -0.2) is 4.98 Å². The van der Waals surface area contributed by atoms with Crippen LogP contribution in [0.3, 0.4) is 0 Å². The Labute approximate surface area is 155 Å². The van der Waals surface area contributed by atoms with Crippen LogP contribution in [-0.2, 0) is 4.79 Å². The summed E-state index contributed by atoms with van der Waals surface area (Å²) in [6.45, 7) is 5.70. The Bertz CT molecular complexity index is 826. The van der Waals surface area contributed by atoms with Gasteiger partial charge in [-0.3, -0.25) is 4.79 Å². The molecule has 0 spiro atoms. The van der Waals surface area contributed by atoms with Crippen LogP contribution in [0.1, 0.15) is 22.4 Å². The van der Waals surface area contributed by atoms with E-state index in [9.17, 15) is 10.1 Å². The normalized spacial score (nSPS) is 10.3. The van der Waals surface area contributed by atoms with E-state index in [2.05, 4.69) is 16.4 Å². The Morgan fingerprint density at radius 3 is 2.46 bits per heavy atom. The van der Waals surface area contributed by atoms with Gasteiger partial charge in [0.15, 0.2) is 0 Å². The number of para-hydroxylation sites is 1. The molecule has 1 amide bonds. The van der Waals surface area contributed by atoms with Gasteiger partial charge >= 0.3 is 0 Å². The van der Waals surface area contributed by atoms with Gasteiger partial charge in [-0.15, -0.1) is 0 Å². The second kappa shape index (κ2) is 7.89. The average molecular weight is 380 g/mol. The molecule has 2 rings (SSSR count). The molecule has 24 heavy (non-hydrogen) atoms. The molecule has 1 aromatic heterocycles. The van der Waals surface area contributed by atoms with Crippen molar-refractivity contribution in [2.24, 2.45) is 0 Å². The highest BCUT2D eigenvalue weighted by Gasteiger charge is 2.15. The second-order valence-electron chi connectivity index (χ2n) is 5.17. The third kappa shape index (κ3) is 4.02. The van der Waals surface area contributed by atoms with Crippen LogP contribution in [0.15, 0.2) is 23.2 Å². The van der Waals surface area contributed by atoms with E-state index >= 15 is 0 Å². The van der Waals surface area contributed by atoms with E-state index < -0.39 is 0 Å². The Balaban J connectivity index is 2.14. The van der Waals surface area contributed by atoms with Crippen molar-refractivity contribution in [3.8, 4) is 6.07 Å². The van der Waals surface area contributed by atoms with Crippen molar-refractivity contribution >= 4 is 46.6 Å². The lowest BCUT2D eigenvalue weighted by Gasteiger charge is -2.12. The zero-order chi connectivity index (χ0) is 17.9. The minimum atomic E-state index is -0.267. The number of rotatable bonds is 4. The van der Waals surface area contributed by atoms with Gasteiger partial charge in [0.05, 0.1) is 27.0 Å². The number of nitriles is 1. The summed E-state index contributed by atoms with van der Waals surface area (Å²) in [4.78, 5) is 16.6. The van der Waals surface area contributed by atoms with Crippen molar-refractivity contribution in [3.63, 3.8) is 0 Å². The molecule has 0 fully saturated rings. The maximum Gasteiger partial charge on any atom is 0.234 e. The van der Waals surface area contributed by atoms with Crippen molar-refractivity contribution in [3.05, 3.63) is 50.6 Å². The zero-order valence-corrected chi connectivity index (χ0v) is 15.7. The fourth-order valence-corrected chi connectivity index (χ4v) is 3.45. The maximum atomic E-state index is 12.2. The van der Waals surface area contributed by atoms with Crippen LogP contribution in [0.25, 0.3) is 0 Å². The molecule has 1 aromatic carbocycles. The Hall–Kier alpha value is -1.74. The van der Waals surface area contributed by atoms with E-state index in [-0.39, 0.29) is 11.7 Å². The molecule has 0 atom stereocenters. The van der Waals surface area contributed by atoms with Crippen LogP contribution in [0.5, 0.6) is 0 Å². The highest BCUT2D eigenvalue weighted by Crippen LogP contribution is 2.31. The third-order valence-electron chi connectivity index (χ3n) is 3.64. The number of aromatic nitrogens is 1. The smallest absolute Gasteiger partial charge is 0.234 e. The number of carbonyl (C=O) groups excluding carboxylic acids is 1. The van der Waals surface area contributed by atoms with Crippen LogP contribution in [0.2, 0.25) is 10.0 Å². The highest BCUT2D eigenvalue weighted by atomic mass is 35.5. The van der Waals surface area contributed by atoms with Gasteiger partial charge in [0.1, 0.15) is 11.1 Å². The van der Waals surface area contributed by atoms with E-state index in [4.69, 9.17) is 23.2 Å². The predicted molar refractivity (Wildman–Crippen MR) is 99.0 cm³/mol. The number of aryl methyl sites for hydroxylation is 1. The number of amides is 1. The van der Waals surface area contributed by atoms with Crippen LogP contribution < -0.4 is 5.32 Å². The van der Waals surface area contributed by atoms with E-state index in [1.54, 1.807) is 18.2 Å². The van der Waals surface area contributed by atoms with Gasteiger partial charge in [0, 0.05) is 5.69 Å². The molecule has 4 nitrogen and oxygen atoms in total. The zero-order valence-electron chi connectivity index (χ0n) is 13.4. The molecule has 0 aliphatic rings. The molecular formula is C17H15Cl2N3OS. The van der Waals surface area contributed by atoms with Gasteiger partial charge in [-0.05, 0) is 44.0 Å². The second-order valence-corrected chi connectivity index (χ2v) is 6.95. The largest absolute Gasteiger partial charge is 0.323 e. The first-order valence-corrected chi connectivity index (χ1v) is 8.83. The van der Waals surface area contributed by atoms with Crippen LogP contribution >= 0.6 is 35.0 Å². The number of carbonyl (C=O) groups is 1. The lowest BCUT2D eigenvalue weighted by Crippen LogP contribution is -2.15. The van der Waals surface area contributed by atoms with Crippen LogP contribution in [0.4, 0.5) is 5.69 Å². The topological polar surface area (TPSA) is 65.8 Å². The van der Waals surface area contributed by atoms with Crippen molar-refractivity contribution in [2.45, 2.75) is 25.8 Å². The van der Waals surface area contributed by atoms with E-state index in [0.29, 0.717) is 26.3 Å². The minimum absolute atomic E-state index is 0.102. The summed E-state index contributed by atoms with van der Waals surface area (Å²) in [6, 6.07) is 7.17. The first-order valence-electron chi connectivity index (χ1n) is 7.09. The lowest BCUT2D eigenvalue weighted by molar-refractivity contribution is -0.113. The summed E-state index contributed by atoms with van der Waals surface area (Å²) < 4.78 is 0. The number of benzene rings is 1. The van der Waals surface area contributed by atoms with Gasteiger partial charge < -0.3 is 5.32 Å². The molecular weight excluding hydrogens is 365 g/mol. The maximum absolute atomic E-state index is 12.2. The number of thioether (sulfide) groups is 1. The first kappa shape index (κ1) is 18.6. The van der Waals surface area contributed by atoms with Gasteiger partial charge in [0.25, 0.3) is 0 Å². The molecule has 0 saturated carbocycles. The molecule has 124 valence electrons. The van der Waals surface area contributed by atoms with E-state index in [0.717, 1.165) is 16.8 Å². The summed E-state index contributed by atoms with van der Waals surface area (Å²) in [5.41, 5.74) is 3.62. The number of halogens is 2. The van der Waals surface area contributed by atoms with E-state index in [1.165, 1.54) is 11.8 Å². The molecule has 0 aliphatic heterocycles. The average Bonchev–Trinajstić information content (AvgIpc) is 2.54. The SMILES string of the molecule is Cc1nc(SCC(=O)Nc2c(Cl)cccc2Cl)c(C#N)c(C)c1C. The standard InChI is InChI=1S/C17H15Cl2N3OS/c1-9-10(2)12(7-20)17(21-11(9)3)24-8-15(23)22-16-13(18)5-4-6-14(16)19/h4-6H,8H2,1-3H3,(H,22,23). The van der Waals surface area contributed by atoms with Gasteiger partial charge in [-0.1, -0.05) is 41.0 Å². The van der Waals surface area contributed by atoms with Crippen molar-refractivity contribution in [2.75, 3.05) is 11.1 Å². The summed E-state index contributed by atoms with van der Waals surface area (Å²) in [7, 11) is 0. The number of nitrogens with zero attached hydrogens (tertiary/aromatic N) is 2. The first-order chi connectivity index (χ1) is 11.3. The third-order valence-corrected chi connectivity index (χ3v) is 5.25. The van der Waals surface area contributed by atoms with Gasteiger partial charge in [-0.2, -0.15) is 5.26 Å². The predicted octanol–water partition coefficient (Wildman–Crippen LogP) is 4.92. The molecule has 2 aromatic rings. The number of anilines is 1. The number of pyridine rings is 1. The molecule has 0 bridgehead atoms. The monoisotopic (exact) mass is 379 g/mol. The fraction of sp³-hybridized carbons (Fsp3) is 0.235. The van der Waals surface area contributed by atoms with E-state index in [1.807, 2.05) is 20.8 Å². The summed E-state index contributed by atoms with van der Waals surface area (Å²) in [6.07, 6.45) is 0. The Morgan fingerprint density at radius 1 is 1.25 bits per heavy atom. The Morgan fingerprint density at radius 2 is 1.88 bits per heavy atom. The molecule has 0 saturated heterocycles. The van der Waals surface area contributed by atoms with Crippen LogP contribution in [0, 0.1) is 32.1 Å².